The number of hydrogen-bond acceptors (Lipinski definition) is 2. The van der Waals surface area contributed by atoms with Crippen LogP contribution in [0.3, 0.4) is 0 Å². The van der Waals surface area contributed by atoms with Crippen LogP contribution in [0, 0.1) is 10.1 Å². The van der Waals surface area contributed by atoms with E-state index in [1.165, 1.54) is 19.3 Å². The summed E-state index contributed by atoms with van der Waals surface area (Å²) >= 11 is 0. The molecule has 0 aromatic rings. The second kappa shape index (κ2) is 9.23. The maximum absolute atomic E-state index is 9.95. The van der Waals surface area contributed by atoms with Crippen molar-refractivity contribution in [2.45, 2.75) is 45.4 Å². The molecule has 0 aliphatic carbocycles. The minimum Gasteiger partial charge on any atom is -0.265 e. The summed E-state index contributed by atoms with van der Waals surface area (Å²) in [5, 5.41) is 9.95. The van der Waals surface area contributed by atoms with E-state index in [1.54, 1.807) is 0 Å². The third-order valence-electron chi connectivity index (χ3n) is 1.85. The van der Waals surface area contributed by atoms with Crippen molar-refractivity contribution in [1.29, 1.82) is 0 Å². The molecular formula is C10H19NO2. The lowest BCUT2D eigenvalue weighted by molar-refractivity contribution is -0.480. The van der Waals surface area contributed by atoms with E-state index in [-0.39, 0.29) is 11.5 Å². The van der Waals surface area contributed by atoms with Crippen LogP contribution in [0.25, 0.3) is 0 Å². The second-order valence-electron chi connectivity index (χ2n) is 3.17. The van der Waals surface area contributed by atoms with Crippen molar-refractivity contribution in [3.63, 3.8) is 0 Å². The molecule has 0 N–H and O–H groups in total. The van der Waals surface area contributed by atoms with Crippen LogP contribution in [0.2, 0.25) is 0 Å². The van der Waals surface area contributed by atoms with Gasteiger partial charge in [0.1, 0.15) is 0 Å². The van der Waals surface area contributed by atoms with Gasteiger partial charge in [0.15, 0.2) is 0 Å². The number of rotatable bonds is 8. The van der Waals surface area contributed by atoms with Gasteiger partial charge in [0.2, 0.25) is 6.54 Å². The lowest BCUT2D eigenvalue weighted by Gasteiger charge is -1.92. The fourth-order valence-electron chi connectivity index (χ4n) is 1.09. The van der Waals surface area contributed by atoms with Crippen molar-refractivity contribution in [1.82, 2.24) is 0 Å². The SMILES string of the molecule is CCCCC/C=C/CCC[N+](=O)[O-]. The van der Waals surface area contributed by atoms with Crippen LogP contribution in [0.5, 0.6) is 0 Å². The van der Waals surface area contributed by atoms with Crippen molar-refractivity contribution in [3.05, 3.63) is 22.3 Å². The molecule has 13 heavy (non-hydrogen) atoms. The number of nitro groups is 1. The van der Waals surface area contributed by atoms with Gasteiger partial charge < -0.3 is 0 Å². The maximum Gasteiger partial charge on any atom is 0.204 e. The lowest BCUT2D eigenvalue weighted by Crippen LogP contribution is -1.98. The van der Waals surface area contributed by atoms with Crippen molar-refractivity contribution in [3.8, 4) is 0 Å². The molecule has 3 nitrogen and oxygen atoms in total. The van der Waals surface area contributed by atoms with Gasteiger partial charge in [0.25, 0.3) is 0 Å². The second-order valence-corrected chi connectivity index (χ2v) is 3.17. The molecule has 0 saturated carbocycles. The molecule has 3 heteroatoms. The number of unbranched alkanes of at least 4 members (excludes halogenated alkanes) is 4. The minimum absolute atomic E-state index is 0.0965. The Morgan fingerprint density at radius 2 is 1.77 bits per heavy atom. The molecule has 0 aromatic heterocycles. The highest BCUT2D eigenvalue weighted by Gasteiger charge is 1.92. The van der Waals surface area contributed by atoms with Crippen LogP contribution in [0.15, 0.2) is 12.2 Å². The molecule has 76 valence electrons. The Morgan fingerprint density at radius 1 is 1.15 bits per heavy atom. The van der Waals surface area contributed by atoms with E-state index in [0.29, 0.717) is 6.42 Å². The zero-order chi connectivity index (χ0) is 9.94. The van der Waals surface area contributed by atoms with E-state index in [9.17, 15) is 10.1 Å². The Morgan fingerprint density at radius 3 is 2.31 bits per heavy atom. The molecule has 0 bridgehead atoms. The normalized spacial score (nSPS) is 10.8. The van der Waals surface area contributed by atoms with Gasteiger partial charge in [-0.3, -0.25) is 10.1 Å². The van der Waals surface area contributed by atoms with Crippen molar-refractivity contribution >= 4 is 0 Å². The average molecular weight is 185 g/mol. The summed E-state index contributed by atoms with van der Waals surface area (Å²) < 4.78 is 0. The van der Waals surface area contributed by atoms with Crippen LogP contribution in [0.1, 0.15) is 45.4 Å². The summed E-state index contributed by atoms with van der Waals surface area (Å²) in [6.45, 7) is 2.28. The van der Waals surface area contributed by atoms with Gasteiger partial charge in [0.05, 0.1) is 0 Å². The molecule has 0 fully saturated rings. The quantitative estimate of drug-likeness (QED) is 0.252. The molecule has 0 atom stereocenters. The molecule has 0 aromatic carbocycles. The Hall–Kier alpha value is -0.860. The highest BCUT2D eigenvalue weighted by atomic mass is 16.6. The molecule has 0 radical (unpaired) electrons. The standard InChI is InChI=1S/C10H19NO2/c1-2-3-4-5-6-7-8-9-10-11(12)13/h6-7H,2-5,8-10H2,1H3/b7-6+. The molecule has 0 heterocycles. The number of allylic oxidation sites excluding steroid dienone is 2. The highest BCUT2D eigenvalue weighted by molar-refractivity contribution is 4.81. The van der Waals surface area contributed by atoms with Gasteiger partial charge in [0, 0.05) is 11.3 Å². The van der Waals surface area contributed by atoms with Crippen LogP contribution in [-0.4, -0.2) is 11.5 Å². The largest absolute Gasteiger partial charge is 0.265 e. The molecule has 0 spiro atoms. The molecule has 0 aliphatic rings. The third kappa shape index (κ3) is 11.1. The summed E-state index contributed by atoms with van der Waals surface area (Å²) in [7, 11) is 0. The first-order valence-corrected chi connectivity index (χ1v) is 5.04. The average Bonchev–Trinajstić information content (AvgIpc) is 2.09. The Balaban J connectivity index is 3.08. The van der Waals surface area contributed by atoms with Gasteiger partial charge in [-0.25, -0.2) is 0 Å². The van der Waals surface area contributed by atoms with Crippen LogP contribution >= 0.6 is 0 Å². The van der Waals surface area contributed by atoms with Crippen molar-refractivity contribution in [2.75, 3.05) is 6.54 Å². The smallest absolute Gasteiger partial charge is 0.204 e. The summed E-state index contributed by atoms with van der Waals surface area (Å²) in [6, 6.07) is 0. The Labute approximate surface area is 80.0 Å². The predicted molar refractivity (Wildman–Crippen MR) is 54.4 cm³/mol. The van der Waals surface area contributed by atoms with E-state index in [1.807, 2.05) is 0 Å². The van der Waals surface area contributed by atoms with E-state index in [4.69, 9.17) is 0 Å². The fourth-order valence-corrected chi connectivity index (χ4v) is 1.09. The van der Waals surface area contributed by atoms with Gasteiger partial charge in [-0.15, -0.1) is 0 Å². The zero-order valence-electron chi connectivity index (χ0n) is 8.37. The zero-order valence-corrected chi connectivity index (χ0v) is 8.37. The topological polar surface area (TPSA) is 43.1 Å². The van der Waals surface area contributed by atoms with Gasteiger partial charge in [-0.1, -0.05) is 31.9 Å². The highest BCUT2D eigenvalue weighted by Crippen LogP contribution is 2.00. The van der Waals surface area contributed by atoms with Gasteiger partial charge in [-0.05, 0) is 19.3 Å². The molecule has 0 aliphatic heterocycles. The number of hydrogen-bond donors (Lipinski definition) is 0. The van der Waals surface area contributed by atoms with Crippen LogP contribution in [-0.2, 0) is 0 Å². The third-order valence-corrected chi connectivity index (χ3v) is 1.85. The van der Waals surface area contributed by atoms with Gasteiger partial charge in [-0.2, -0.15) is 0 Å². The lowest BCUT2D eigenvalue weighted by atomic mass is 10.2. The van der Waals surface area contributed by atoms with Crippen molar-refractivity contribution in [2.24, 2.45) is 0 Å². The molecule has 0 amide bonds. The minimum atomic E-state index is -0.259. The van der Waals surface area contributed by atoms with E-state index in [2.05, 4.69) is 19.1 Å². The predicted octanol–water partition coefficient (Wildman–Crippen LogP) is 3.18. The first-order chi connectivity index (χ1) is 6.27. The van der Waals surface area contributed by atoms with Gasteiger partial charge >= 0.3 is 0 Å². The molecule has 0 saturated heterocycles. The molecule has 0 unspecified atom stereocenters. The van der Waals surface area contributed by atoms with E-state index in [0.717, 1.165) is 12.8 Å². The fraction of sp³-hybridized carbons (Fsp3) is 0.800. The first kappa shape index (κ1) is 12.1. The monoisotopic (exact) mass is 185 g/mol. The molecule has 0 rings (SSSR count). The van der Waals surface area contributed by atoms with Crippen LogP contribution in [0.4, 0.5) is 0 Å². The summed E-state index contributed by atoms with van der Waals surface area (Å²) in [6.07, 6.45) is 10.6. The summed E-state index contributed by atoms with van der Waals surface area (Å²) in [5.74, 6) is 0. The summed E-state index contributed by atoms with van der Waals surface area (Å²) in [5.41, 5.74) is 0. The number of nitrogens with zero attached hydrogens (tertiary/aromatic N) is 1. The maximum atomic E-state index is 9.95. The van der Waals surface area contributed by atoms with E-state index < -0.39 is 0 Å². The summed E-state index contributed by atoms with van der Waals surface area (Å²) in [4.78, 5) is 9.70. The van der Waals surface area contributed by atoms with E-state index >= 15 is 0 Å². The Bertz CT molecular complexity index is 155. The molecular weight excluding hydrogens is 166 g/mol. The first-order valence-electron chi connectivity index (χ1n) is 5.04. The Kier molecular flexibility index (Phi) is 8.62. The van der Waals surface area contributed by atoms with Crippen molar-refractivity contribution < 1.29 is 4.92 Å². The van der Waals surface area contributed by atoms with Crippen LogP contribution < -0.4 is 0 Å².